The normalized spacial score (nSPS) is 21.0. The lowest BCUT2D eigenvalue weighted by molar-refractivity contribution is 0.415. The van der Waals surface area contributed by atoms with Gasteiger partial charge in [0.1, 0.15) is 5.75 Å². The number of nitrogens with one attached hydrogen (secondary N) is 1. The molecule has 5 rings (SSSR count). The average Bonchev–Trinajstić information content (AvgIpc) is 3.47. The Morgan fingerprint density at radius 1 is 1.10 bits per heavy atom. The molecule has 1 saturated heterocycles. The molecule has 2 aromatic heterocycles. The van der Waals surface area contributed by atoms with Crippen molar-refractivity contribution in [1.82, 2.24) is 14.9 Å². The van der Waals surface area contributed by atoms with Crippen molar-refractivity contribution in [2.45, 2.75) is 44.8 Å². The summed E-state index contributed by atoms with van der Waals surface area (Å²) in [6.07, 6.45) is 4.37. The Morgan fingerprint density at radius 3 is 2.63 bits per heavy atom. The number of benzene rings is 1. The summed E-state index contributed by atoms with van der Waals surface area (Å²) in [4.78, 5) is 6.88. The van der Waals surface area contributed by atoms with Crippen LogP contribution in [0.2, 0.25) is 0 Å². The first kappa shape index (κ1) is 19.1. The lowest BCUT2D eigenvalue weighted by atomic mass is 9.96. The number of hydrogen-bond donors (Lipinski definition) is 1. The van der Waals surface area contributed by atoms with Crippen molar-refractivity contribution >= 4 is 23.0 Å². The molecule has 1 aliphatic heterocycles. The number of methoxy groups -OCH3 is 1. The number of anilines is 1. The number of pyridine rings is 1. The molecule has 0 bridgehead atoms. The zero-order valence-electron chi connectivity index (χ0n) is 17.5. The Kier molecular flexibility index (Phi) is 4.74. The maximum absolute atomic E-state index is 5.84. The third-order valence-electron chi connectivity index (χ3n) is 6.18. The molecule has 3 heterocycles. The molecule has 5 nitrogen and oxygen atoms in total. The molecule has 1 aromatic carbocycles. The van der Waals surface area contributed by atoms with Gasteiger partial charge in [-0.15, -0.1) is 0 Å². The Labute approximate surface area is 182 Å². The highest BCUT2D eigenvalue weighted by molar-refractivity contribution is 7.80. The molecule has 2 fully saturated rings. The first-order valence-corrected chi connectivity index (χ1v) is 10.8. The summed E-state index contributed by atoms with van der Waals surface area (Å²) < 4.78 is 7.98. The van der Waals surface area contributed by atoms with E-state index in [-0.39, 0.29) is 12.1 Å². The van der Waals surface area contributed by atoms with Crippen molar-refractivity contribution in [2.75, 3.05) is 12.0 Å². The van der Waals surface area contributed by atoms with Gasteiger partial charge in [0.25, 0.3) is 0 Å². The Hall–Kier alpha value is -2.86. The Bertz CT molecular complexity index is 1090. The van der Waals surface area contributed by atoms with Gasteiger partial charge in [0.05, 0.1) is 24.9 Å². The fraction of sp³-hybridized carbons (Fsp3) is 0.333. The van der Waals surface area contributed by atoms with E-state index < -0.39 is 0 Å². The third kappa shape index (κ3) is 3.16. The van der Waals surface area contributed by atoms with Gasteiger partial charge < -0.3 is 19.5 Å². The Balaban J connectivity index is 1.66. The van der Waals surface area contributed by atoms with Gasteiger partial charge in [0, 0.05) is 35.4 Å². The van der Waals surface area contributed by atoms with E-state index in [4.69, 9.17) is 17.0 Å². The van der Waals surface area contributed by atoms with E-state index in [1.165, 1.54) is 29.8 Å². The minimum atomic E-state index is -0.0296. The minimum absolute atomic E-state index is 0.0122. The highest BCUT2D eigenvalue weighted by Gasteiger charge is 2.43. The zero-order valence-corrected chi connectivity index (χ0v) is 18.3. The van der Waals surface area contributed by atoms with E-state index >= 15 is 0 Å². The highest BCUT2D eigenvalue weighted by Crippen LogP contribution is 2.46. The number of nitrogens with zero attached hydrogens (tertiary/aromatic N) is 3. The molecule has 2 aliphatic rings. The van der Waals surface area contributed by atoms with Gasteiger partial charge in [0.15, 0.2) is 5.11 Å². The van der Waals surface area contributed by atoms with Crippen LogP contribution in [0, 0.1) is 13.8 Å². The average molecular weight is 419 g/mol. The molecular formula is C24H26N4OS. The number of hydrogen-bond acceptors (Lipinski definition) is 3. The molecule has 3 aromatic rings. The van der Waals surface area contributed by atoms with Crippen LogP contribution in [0.15, 0.2) is 54.7 Å². The van der Waals surface area contributed by atoms with Crippen molar-refractivity contribution in [1.29, 1.82) is 0 Å². The number of ether oxygens (including phenoxy) is 1. The zero-order chi connectivity index (χ0) is 20.8. The van der Waals surface area contributed by atoms with Crippen molar-refractivity contribution in [3.8, 4) is 5.75 Å². The first-order chi connectivity index (χ1) is 14.6. The van der Waals surface area contributed by atoms with Gasteiger partial charge in [-0.3, -0.25) is 4.98 Å². The van der Waals surface area contributed by atoms with Crippen LogP contribution in [0.1, 0.15) is 53.6 Å². The monoisotopic (exact) mass is 418 g/mol. The van der Waals surface area contributed by atoms with E-state index in [0.29, 0.717) is 11.2 Å². The maximum atomic E-state index is 5.84. The highest BCUT2D eigenvalue weighted by atomic mass is 32.1. The van der Waals surface area contributed by atoms with Crippen LogP contribution in [-0.4, -0.2) is 21.8 Å². The van der Waals surface area contributed by atoms with Crippen molar-refractivity contribution in [2.24, 2.45) is 0 Å². The van der Waals surface area contributed by atoms with Crippen LogP contribution < -0.4 is 15.0 Å². The summed E-state index contributed by atoms with van der Waals surface area (Å²) in [5.41, 5.74) is 5.94. The lowest BCUT2D eigenvalue weighted by Crippen LogP contribution is -2.29. The van der Waals surface area contributed by atoms with Crippen LogP contribution in [0.25, 0.3) is 0 Å². The second-order valence-electron chi connectivity index (χ2n) is 8.13. The fourth-order valence-corrected chi connectivity index (χ4v) is 5.05. The number of thiocarbonyl (C=S) groups is 1. The maximum Gasteiger partial charge on any atom is 0.174 e. The summed E-state index contributed by atoms with van der Waals surface area (Å²) in [5, 5.41) is 4.26. The predicted molar refractivity (Wildman–Crippen MR) is 123 cm³/mol. The molecule has 6 heteroatoms. The van der Waals surface area contributed by atoms with Crippen LogP contribution in [0.4, 0.5) is 5.69 Å². The second-order valence-corrected chi connectivity index (χ2v) is 8.51. The summed E-state index contributed by atoms with van der Waals surface area (Å²) in [6.45, 7) is 4.45. The fourth-order valence-electron chi connectivity index (χ4n) is 4.71. The number of rotatable bonds is 5. The molecule has 0 radical (unpaired) electrons. The molecule has 0 amide bonds. The van der Waals surface area contributed by atoms with E-state index in [9.17, 15) is 0 Å². The second kappa shape index (κ2) is 7.43. The lowest BCUT2D eigenvalue weighted by Gasteiger charge is -2.28. The third-order valence-corrected chi connectivity index (χ3v) is 6.50. The van der Waals surface area contributed by atoms with Gasteiger partial charge in [0.2, 0.25) is 0 Å². The summed E-state index contributed by atoms with van der Waals surface area (Å²) in [7, 11) is 1.69. The molecule has 154 valence electrons. The largest absolute Gasteiger partial charge is 0.497 e. The Morgan fingerprint density at radius 2 is 1.93 bits per heavy atom. The van der Waals surface area contributed by atoms with E-state index in [0.717, 1.165) is 17.1 Å². The van der Waals surface area contributed by atoms with E-state index in [1.807, 2.05) is 36.5 Å². The quantitative estimate of drug-likeness (QED) is 0.589. The van der Waals surface area contributed by atoms with Gasteiger partial charge in [-0.2, -0.15) is 0 Å². The first-order valence-electron chi connectivity index (χ1n) is 10.4. The van der Waals surface area contributed by atoms with E-state index in [1.54, 1.807) is 7.11 Å². The molecular weight excluding hydrogens is 392 g/mol. The molecule has 1 N–H and O–H groups in total. The number of aromatic nitrogens is 2. The minimum Gasteiger partial charge on any atom is -0.497 e. The molecule has 0 spiro atoms. The molecule has 0 unspecified atom stereocenters. The van der Waals surface area contributed by atoms with Crippen molar-refractivity contribution in [3.63, 3.8) is 0 Å². The van der Waals surface area contributed by atoms with Crippen LogP contribution in [0.5, 0.6) is 5.75 Å². The van der Waals surface area contributed by atoms with Gasteiger partial charge in [-0.1, -0.05) is 12.1 Å². The van der Waals surface area contributed by atoms with Crippen molar-refractivity contribution < 1.29 is 4.74 Å². The van der Waals surface area contributed by atoms with Crippen LogP contribution >= 0.6 is 12.2 Å². The van der Waals surface area contributed by atoms with Gasteiger partial charge in [-0.25, -0.2) is 0 Å². The topological polar surface area (TPSA) is 42.3 Å². The summed E-state index contributed by atoms with van der Waals surface area (Å²) in [6, 6.07) is 17.1. The van der Waals surface area contributed by atoms with Crippen LogP contribution in [-0.2, 0) is 0 Å². The molecule has 30 heavy (non-hydrogen) atoms. The standard InChI is InChI=1S/C24H26N4OS/c1-15-13-20(16(2)27(15)17-10-11-17)23-22(21-9-4-5-12-25-21)26-24(30)28(23)18-7-6-8-19(14-18)29-3/h4-9,12-14,17,22-23H,10-11H2,1-3H3,(H,26,30)/t22-,23-/m1/s1. The van der Waals surface area contributed by atoms with Gasteiger partial charge in [-0.05, 0) is 74.8 Å². The number of aryl methyl sites for hydroxylation is 1. The smallest absolute Gasteiger partial charge is 0.174 e. The van der Waals surface area contributed by atoms with Crippen LogP contribution in [0.3, 0.4) is 0 Å². The molecule has 1 aliphatic carbocycles. The SMILES string of the molecule is COc1cccc(N2C(=S)N[C@H](c3ccccn3)[C@H]2c2cc(C)n(C3CC3)c2C)c1. The van der Waals surface area contributed by atoms with Crippen molar-refractivity contribution in [3.05, 3.63) is 77.4 Å². The molecule has 1 saturated carbocycles. The summed E-state index contributed by atoms with van der Waals surface area (Å²) in [5.74, 6) is 0.818. The van der Waals surface area contributed by atoms with Gasteiger partial charge >= 0.3 is 0 Å². The van der Waals surface area contributed by atoms with E-state index in [2.05, 4.69) is 51.8 Å². The molecule has 2 atom stereocenters. The summed E-state index contributed by atoms with van der Waals surface area (Å²) >= 11 is 5.84. The predicted octanol–water partition coefficient (Wildman–Crippen LogP) is 5.02.